The Balaban J connectivity index is 1.27. The molecule has 0 saturated heterocycles. The minimum absolute atomic E-state index is 0.550. The molecule has 2 aliphatic rings. The predicted molar refractivity (Wildman–Crippen MR) is 80.2 cm³/mol. The van der Waals surface area contributed by atoms with Gasteiger partial charge in [0.15, 0.2) is 5.82 Å². The minimum atomic E-state index is 0.550. The zero-order chi connectivity index (χ0) is 14.1. The SMILES string of the molecule is c1ccc2c(c1)CC[C@@H](NCCc1noc(C3CC3)n1)C2. The highest BCUT2D eigenvalue weighted by molar-refractivity contribution is 5.30. The molecule has 4 nitrogen and oxygen atoms in total. The van der Waals surface area contributed by atoms with Crippen molar-refractivity contribution >= 4 is 0 Å². The molecule has 1 N–H and O–H groups in total. The van der Waals surface area contributed by atoms with Gasteiger partial charge in [0.2, 0.25) is 5.89 Å². The summed E-state index contributed by atoms with van der Waals surface area (Å²) in [6.07, 6.45) is 6.81. The first-order valence-electron chi connectivity index (χ1n) is 8.01. The van der Waals surface area contributed by atoms with Crippen LogP contribution in [-0.2, 0) is 19.3 Å². The van der Waals surface area contributed by atoms with Crippen molar-refractivity contribution in [3.63, 3.8) is 0 Å². The van der Waals surface area contributed by atoms with Gasteiger partial charge in [-0.25, -0.2) is 0 Å². The first kappa shape index (κ1) is 13.0. The van der Waals surface area contributed by atoms with E-state index in [0.29, 0.717) is 12.0 Å². The second-order valence-electron chi connectivity index (χ2n) is 6.24. The third-order valence-electron chi connectivity index (χ3n) is 4.54. The highest BCUT2D eigenvalue weighted by Gasteiger charge is 2.29. The van der Waals surface area contributed by atoms with Crippen molar-refractivity contribution in [2.24, 2.45) is 0 Å². The second-order valence-corrected chi connectivity index (χ2v) is 6.24. The zero-order valence-electron chi connectivity index (χ0n) is 12.2. The van der Waals surface area contributed by atoms with Gasteiger partial charge >= 0.3 is 0 Å². The number of rotatable bonds is 5. The van der Waals surface area contributed by atoms with E-state index in [1.807, 2.05) is 0 Å². The van der Waals surface area contributed by atoms with E-state index in [9.17, 15) is 0 Å². The van der Waals surface area contributed by atoms with Crippen LogP contribution >= 0.6 is 0 Å². The van der Waals surface area contributed by atoms with Gasteiger partial charge in [-0.1, -0.05) is 29.4 Å². The molecule has 4 heteroatoms. The summed E-state index contributed by atoms with van der Waals surface area (Å²) in [6, 6.07) is 9.36. The van der Waals surface area contributed by atoms with Crippen molar-refractivity contribution in [3.8, 4) is 0 Å². The lowest BCUT2D eigenvalue weighted by Gasteiger charge is -2.25. The molecule has 0 aliphatic heterocycles. The van der Waals surface area contributed by atoms with E-state index in [4.69, 9.17) is 4.52 Å². The molecule has 1 fully saturated rings. The molecule has 0 spiro atoms. The van der Waals surface area contributed by atoms with Crippen LogP contribution in [0.25, 0.3) is 0 Å². The molecule has 1 aromatic heterocycles. The molecule has 2 aromatic rings. The highest BCUT2D eigenvalue weighted by Crippen LogP contribution is 2.38. The Kier molecular flexibility index (Phi) is 3.47. The summed E-state index contributed by atoms with van der Waals surface area (Å²) in [4.78, 5) is 4.47. The van der Waals surface area contributed by atoms with Crippen LogP contribution in [0.1, 0.15) is 48.0 Å². The summed E-state index contributed by atoms with van der Waals surface area (Å²) in [7, 11) is 0. The predicted octanol–water partition coefficient (Wildman–Crippen LogP) is 2.64. The Morgan fingerprint density at radius 1 is 1.14 bits per heavy atom. The Morgan fingerprint density at radius 3 is 2.86 bits per heavy atom. The highest BCUT2D eigenvalue weighted by atomic mass is 16.5. The molecule has 0 radical (unpaired) electrons. The number of nitrogens with zero attached hydrogens (tertiary/aromatic N) is 2. The molecule has 0 bridgehead atoms. The molecular formula is C17H21N3O. The van der Waals surface area contributed by atoms with Crippen LogP contribution in [0.2, 0.25) is 0 Å². The van der Waals surface area contributed by atoms with Gasteiger partial charge in [-0.15, -0.1) is 0 Å². The number of aromatic nitrogens is 2. The lowest BCUT2D eigenvalue weighted by molar-refractivity contribution is 0.372. The van der Waals surface area contributed by atoms with E-state index in [1.54, 1.807) is 0 Å². The van der Waals surface area contributed by atoms with Gasteiger partial charge in [0.25, 0.3) is 0 Å². The fourth-order valence-corrected chi connectivity index (χ4v) is 3.13. The number of fused-ring (bicyclic) bond motifs is 1. The van der Waals surface area contributed by atoms with Crippen molar-refractivity contribution in [3.05, 3.63) is 47.1 Å². The van der Waals surface area contributed by atoms with Crippen LogP contribution in [0.4, 0.5) is 0 Å². The fraction of sp³-hybridized carbons (Fsp3) is 0.529. The number of hydrogen-bond donors (Lipinski definition) is 1. The van der Waals surface area contributed by atoms with Crippen molar-refractivity contribution in [1.82, 2.24) is 15.5 Å². The molecule has 2 aliphatic carbocycles. The van der Waals surface area contributed by atoms with Crippen molar-refractivity contribution in [1.29, 1.82) is 0 Å². The third-order valence-corrected chi connectivity index (χ3v) is 4.54. The number of hydrogen-bond acceptors (Lipinski definition) is 4. The van der Waals surface area contributed by atoms with E-state index in [0.717, 1.165) is 31.1 Å². The molecule has 1 aromatic carbocycles. The summed E-state index contributed by atoms with van der Waals surface area (Å²) in [5.74, 6) is 2.24. The smallest absolute Gasteiger partial charge is 0.229 e. The number of aryl methyl sites for hydroxylation is 1. The fourth-order valence-electron chi connectivity index (χ4n) is 3.13. The van der Waals surface area contributed by atoms with Crippen LogP contribution < -0.4 is 5.32 Å². The molecule has 4 rings (SSSR count). The van der Waals surface area contributed by atoms with E-state index in [-0.39, 0.29) is 0 Å². The summed E-state index contributed by atoms with van der Waals surface area (Å²) >= 11 is 0. The first-order valence-corrected chi connectivity index (χ1v) is 8.01. The maximum Gasteiger partial charge on any atom is 0.229 e. The number of benzene rings is 1. The van der Waals surface area contributed by atoms with Crippen LogP contribution in [0, 0.1) is 0 Å². The maximum atomic E-state index is 5.29. The van der Waals surface area contributed by atoms with E-state index in [1.165, 1.54) is 36.8 Å². The van der Waals surface area contributed by atoms with Crippen LogP contribution in [0.15, 0.2) is 28.8 Å². The van der Waals surface area contributed by atoms with Gasteiger partial charge in [0.1, 0.15) is 0 Å². The molecular weight excluding hydrogens is 262 g/mol. The van der Waals surface area contributed by atoms with Gasteiger partial charge in [0, 0.05) is 24.9 Å². The molecule has 110 valence electrons. The van der Waals surface area contributed by atoms with E-state index < -0.39 is 0 Å². The van der Waals surface area contributed by atoms with E-state index >= 15 is 0 Å². The van der Waals surface area contributed by atoms with Crippen molar-refractivity contribution < 1.29 is 4.52 Å². The maximum absolute atomic E-state index is 5.29. The molecule has 0 amide bonds. The molecule has 0 unspecified atom stereocenters. The quantitative estimate of drug-likeness (QED) is 0.916. The van der Waals surface area contributed by atoms with Crippen LogP contribution in [-0.4, -0.2) is 22.7 Å². The Labute approximate surface area is 124 Å². The lowest BCUT2D eigenvalue weighted by Crippen LogP contribution is -2.35. The Hall–Kier alpha value is -1.68. The zero-order valence-corrected chi connectivity index (χ0v) is 12.2. The standard InChI is InChI=1S/C17H21N3O/c1-2-4-14-11-15(8-7-12(14)3-1)18-10-9-16-19-17(21-20-16)13-5-6-13/h1-4,13,15,18H,5-11H2/t15-/m1/s1. The third kappa shape index (κ3) is 3.00. The molecule has 1 saturated carbocycles. The normalized spacial score (nSPS) is 21.2. The minimum Gasteiger partial charge on any atom is -0.339 e. The Morgan fingerprint density at radius 2 is 2.00 bits per heavy atom. The molecule has 1 heterocycles. The lowest BCUT2D eigenvalue weighted by atomic mass is 9.88. The molecule has 21 heavy (non-hydrogen) atoms. The largest absolute Gasteiger partial charge is 0.339 e. The van der Waals surface area contributed by atoms with Gasteiger partial charge in [-0.3, -0.25) is 0 Å². The van der Waals surface area contributed by atoms with Crippen molar-refractivity contribution in [2.75, 3.05) is 6.54 Å². The van der Waals surface area contributed by atoms with Gasteiger partial charge < -0.3 is 9.84 Å². The second kappa shape index (κ2) is 5.60. The first-order chi connectivity index (χ1) is 10.4. The average Bonchev–Trinajstić information content (AvgIpc) is 3.27. The Bertz CT molecular complexity index is 618. The summed E-state index contributed by atoms with van der Waals surface area (Å²) in [6.45, 7) is 0.927. The molecule has 1 atom stereocenters. The average molecular weight is 283 g/mol. The van der Waals surface area contributed by atoms with Gasteiger partial charge in [-0.05, 0) is 43.2 Å². The summed E-state index contributed by atoms with van der Waals surface area (Å²) in [5.41, 5.74) is 3.01. The van der Waals surface area contributed by atoms with E-state index in [2.05, 4.69) is 39.7 Å². The van der Waals surface area contributed by atoms with Crippen molar-refractivity contribution in [2.45, 2.75) is 50.5 Å². The van der Waals surface area contributed by atoms with Gasteiger partial charge in [-0.2, -0.15) is 4.98 Å². The summed E-state index contributed by atoms with van der Waals surface area (Å²) in [5, 5.41) is 7.71. The van der Waals surface area contributed by atoms with Gasteiger partial charge in [0.05, 0.1) is 0 Å². The topological polar surface area (TPSA) is 51.0 Å². The summed E-state index contributed by atoms with van der Waals surface area (Å²) < 4.78 is 5.29. The number of nitrogens with one attached hydrogen (secondary N) is 1. The monoisotopic (exact) mass is 283 g/mol. The van der Waals surface area contributed by atoms with Crippen LogP contribution in [0.3, 0.4) is 0 Å². The van der Waals surface area contributed by atoms with Crippen LogP contribution in [0.5, 0.6) is 0 Å².